The Morgan fingerprint density at radius 3 is 2.39 bits per heavy atom. The van der Waals surface area contributed by atoms with E-state index in [1.54, 1.807) is 6.92 Å². The molecule has 1 rings (SSSR count). The van der Waals surface area contributed by atoms with E-state index in [0.717, 1.165) is 5.56 Å². The lowest BCUT2D eigenvalue weighted by atomic mass is 10.0. The summed E-state index contributed by atoms with van der Waals surface area (Å²) in [6, 6.07) is 8.77. The molecule has 0 aliphatic carbocycles. The third-order valence-corrected chi connectivity index (χ3v) is 4.31. The Bertz CT molecular complexity index is 499. The molecule has 0 saturated carbocycles. The van der Waals surface area contributed by atoms with Crippen molar-refractivity contribution in [2.24, 2.45) is 5.73 Å². The summed E-state index contributed by atoms with van der Waals surface area (Å²) in [4.78, 5) is 0. The first kappa shape index (κ1) is 14.7. The van der Waals surface area contributed by atoms with Crippen LogP contribution >= 0.6 is 0 Å². The van der Waals surface area contributed by atoms with E-state index < -0.39 is 16.1 Å². The third-order valence-electron chi connectivity index (χ3n) is 2.66. The van der Waals surface area contributed by atoms with Crippen LogP contribution in [0.3, 0.4) is 0 Å². The molecule has 0 aromatic heterocycles. The fourth-order valence-electron chi connectivity index (χ4n) is 1.59. The van der Waals surface area contributed by atoms with Crippen LogP contribution in [-0.4, -0.2) is 26.0 Å². The lowest BCUT2D eigenvalue weighted by Gasteiger charge is -2.16. The first-order valence-corrected chi connectivity index (χ1v) is 7.36. The molecule has 5 nitrogen and oxygen atoms in total. The minimum Gasteiger partial charge on any atom is -0.386 e. The van der Waals surface area contributed by atoms with Crippen molar-refractivity contribution in [2.75, 3.05) is 5.75 Å². The normalized spacial score (nSPS) is 15.0. The van der Waals surface area contributed by atoms with Gasteiger partial charge in [-0.1, -0.05) is 37.3 Å². The Morgan fingerprint density at radius 1 is 1.33 bits per heavy atom. The fraction of sp³-hybridized carbons (Fsp3) is 0.417. The minimum atomic E-state index is -3.44. The van der Waals surface area contributed by atoms with Crippen LogP contribution in [0.2, 0.25) is 0 Å². The highest BCUT2D eigenvalue weighted by Crippen LogP contribution is 2.16. The highest BCUT2D eigenvalue weighted by atomic mass is 32.2. The summed E-state index contributed by atoms with van der Waals surface area (Å²) < 4.78 is 26.1. The van der Waals surface area contributed by atoms with Crippen LogP contribution in [0.15, 0.2) is 30.3 Å². The SMILES string of the molecule is CC(NS(=O)(=O)CC(C)c1ccccc1)C(=N)N. The molecule has 2 atom stereocenters. The first-order valence-electron chi connectivity index (χ1n) is 5.70. The average Bonchev–Trinajstić information content (AvgIpc) is 2.28. The predicted octanol–water partition coefficient (Wildman–Crippen LogP) is 1.03. The Morgan fingerprint density at radius 2 is 1.89 bits per heavy atom. The highest BCUT2D eigenvalue weighted by Gasteiger charge is 2.20. The van der Waals surface area contributed by atoms with Crippen molar-refractivity contribution in [3.63, 3.8) is 0 Å². The molecule has 0 aliphatic heterocycles. The topological polar surface area (TPSA) is 96.0 Å². The number of benzene rings is 1. The molecule has 0 saturated heterocycles. The van der Waals surface area contributed by atoms with E-state index in [9.17, 15) is 8.42 Å². The van der Waals surface area contributed by atoms with Crippen molar-refractivity contribution < 1.29 is 8.42 Å². The fourth-order valence-corrected chi connectivity index (χ4v) is 3.20. The first-order chi connectivity index (χ1) is 8.32. The highest BCUT2D eigenvalue weighted by molar-refractivity contribution is 7.89. The molecule has 0 fully saturated rings. The molecule has 0 amide bonds. The summed E-state index contributed by atoms with van der Waals surface area (Å²) >= 11 is 0. The van der Waals surface area contributed by atoms with Gasteiger partial charge in [0, 0.05) is 0 Å². The second kappa shape index (κ2) is 5.97. The minimum absolute atomic E-state index is 0.0192. The summed E-state index contributed by atoms with van der Waals surface area (Å²) in [5.41, 5.74) is 6.21. The van der Waals surface area contributed by atoms with E-state index >= 15 is 0 Å². The van der Waals surface area contributed by atoms with Crippen LogP contribution in [0.25, 0.3) is 0 Å². The van der Waals surface area contributed by atoms with Gasteiger partial charge in [0.15, 0.2) is 0 Å². The average molecular weight is 269 g/mol. The molecule has 0 aliphatic rings. The molecular weight excluding hydrogens is 250 g/mol. The van der Waals surface area contributed by atoms with Crippen LogP contribution < -0.4 is 10.5 Å². The lowest BCUT2D eigenvalue weighted by Crippen LogP contribution is -2.43. The number of nitrogens with one attached hydrogen (secondary N) is 2. The van der Waals surface area contributed by atoms with Gasteiger partial charge in [0.2, 0.25) is 10.0 Å². The van der Waals surface area contributed by atoms with Gasteiger partial charge >= 0.3 is 0 Å². The van der Waals surface area contributed by atoms with E-state index in [1.165, 1.54) is 0 Å². The zero-order valence-corrected chi connectivity index (χ0v) is 11.4. The molecule has 4 N–H and O–H groups in total. The second-order valence-corrected chi connectivity index (χ2v) is 6.19. The largest absolute Gasteiger partial charge is 0.386 e. The molecule has 0 radical (unpaired) electrons. The van der Waals surface area contributed by atoms with Gasteiger partial charge in [-0.3, -0.25) is 5.41 Å². The Hall–Kier alpha value is -1.40. The second-order valence-electron chi connectivity index (χ2n) is 4.39. The van der Waals surface area contributed by atoms with Crippen molar-refractivity contribution in [1.29, 1.82) is 5.41 Å². The monoisotopic (exact) mass is 269 g/mol. The summed E-state index contributed by atoms with van der Waals surface area (Å²) in [7, 11) is -3.44. The van der Waals surface area contributed by atoms with Crippen LogP contribution in [0, 0.1) is 5.41 Å². The van der Waals surface area contributed by atoms with Crippen LogP contribution in [0.1, 0.15) is 25.3 Å². The Kier molecular flexibility index (Phi) is 4.86. The van der Waals surface area contributed by atoms with Crippen LogP contribution in [-0.2, 0) is 10.0 Å². The van der Waals surface area contributed by atoms with E-state index in [0.29, 0.717) is 0 Å². The van der Waals surface area contributed by atoms with Crippen LogP contribution in [0.4, 0.5) is 0 Å². The Balaban J connectivity index is 2.69. The van der Waals surface area contributed by atoms with E-state index in [4.69, 9.17) is 11.1 Å². The molecule has 100 valence electrons. The summed E-state index contributed by atoms with van der Waals surface area (Å²) in [5.74, 6) is -0.317. The van der Waals surface area contributed by atoms with Crippen molar-refractivity contribution in [3.05, 3.63) is 35.9 Å². The van der Waals surface area contributed by atoms with Gasteiger partial charge in [-0.25, -0.2) is 13.1 Å². The number of amidine groups is 1. The quantitative estimate of drug-likeness (QED) is 0.531. The van der Waals surface area contributed by atoms with Gasteiger partial charge in [-0.15, -0.1) is 0 Å². The summed E-state index contributed by atoms with van der Waals surface area (Å²) in [6.45, 7) is 3.40. The van der Waals surface area contributed by atoms with Gasteiger partial charge in [0.25, 0.3) is 0 Å². The van der Waals surface area contributed by atoms with Gasteiger partial charge in [-0.05, 0) is 18.4 Å². The summed E-state index contributed by atoms with van der Waals surface area (Å²) in [5, 5.41) is 7.18. The molecule has 0 spiro atoms. The number of sulfonamides is 1. The molecule has 1 aromatic carbocycles. The van der Waals surface area contributed by atoms with E-state index in [1.807, 2.05) is 37.3 Å². The smallest absolute Gasteiger partial charge is 0.212 e. The molecular formula is C12H19N3O2S. The molecule has 0 heterocycles. The molecule has 0 bridgehead atoms. The van der Waals surface area contributed by atoms with Crippen molar-refractivity contribution in [3.8, 4) is 0 Å². The maximum atomic E-state index is 11.9. The maximum absolute atomic E-state index is 11.9. The number of hydrogen-bond acceptors (Lipinski definition) is 3. The predicted molar refractivity (Wildman–Crippen MR) is 73.2 cm³/mol. The maximum Gasteiger partial charge on any atom is 0.212 e. The zero-order chi connectivity index (χ0) is 13.8. The number of nitrogens with two attached hydrogens (primary N) is 1. The lowest BCUT2D eigenvalue weighted by molar-refractivity contribution is 0.572. The van der Waals surface area contributed by atoms with Crippen molar-refractivity contribution >= 4 is 15.9 Å². The molecule has 6 heteroatoms. The van der Waals surface area contributed by atoms with Crippen molar-refractivity contribution in [1.82, 2.24) is 4.72 Å². The van der Waals surface area contributed by atoms with Gasteiger partial charge < -0.3 is 5.73 Å². The number of rotatable bonds is 6. The number of hydrogen-bond donors (Lipinski definition) is 3. The Labute approximate surface area is 108 Å². The van der Waals surface area contributed by atoms with Crippen LogP contribution in [0.5, 0.6) is 0 Å². The van der Waals surface area contributed by atoms with Gasteiger partial charge in [0.1, 0.15) is 5.84 Å². The zero-order valence-electron chi connectivity index (χ0n) is 10.6. The van der Waals surface area contributed by atoms with E-state index in [2.05, 4.69) is 4.72 Å². The molecule has 18 heavy (non-hydrogen) atoms. The standard InChI is InChI=1S/C12H19N3O2S/c1-9(11-6-4-3-5-7-11)8-18(16,17)15-10(2)12(13)14/h3-7,9-10,15H,8H2,1-2H3,(H3,13,14). The van der Waals surface area contributed by atoms with Gasteiger partial charge in [-0.2, -0.15) is 0 Å². The molecule has 2 unspecified atom stereocenters. The van der Waals surface area contributed by atoms with Gasteiger partial charge in [0.05, 0.1) is 11.8 Å². The third kappa shape index (κ3) is 4.46. The van der Waals surface area contributed by atoms with E-state index in [-0.39, 0.29) is 17.5 Å². The van der Waals surface area contributed by atoms with Crippen molar-refractivity contribution in [2.45, 2.75) is 25.8 Å². The molecule has 1 aromatic rings. The summed E-state index contributed by atoms with van der Waals surface area (Å²) in [6.07, 6.45) is 0.